The van der Waals surface area contributed by atoms with Gasteiger partial charge in [-0.15, -0.1) is 0 Å². The maximum atomic E-state index is 9.40. The SMILES string of the molecule is Cc1cc(C)c(C#N)c(N2CCCCC2CCN)n1. The van der Waals surface area contributed by atoms with E-state index in [-0.39, 0.29) is 0 Å². The second kappa shape index (κ2) is 6.03. The number of nitriles is 1. The molecular weight excluding hydrogens is 236 g/mol. The summed E-state index contributed by atoms with van der Waals surface area (Å²) in [6.07, 6.45) is 4.53. The maximum absolute atomic E-state index is 9.40. The Morgan fingerprint density at radius 3 is 2.95 bits per heavy atom. The summed E-state index contributed by atoms with van der Waals surface area (Å²) in [7, 11) is 0. The Hall–Kier alpha value is -1.60. The molecule has 1 fully saturated rings. The zero-order valence-electron chi connectivity index (χ0n) is 11.8. The molecule has 0 amide bonds. The number of hydrogen-bond acceptors (Lipinski definition) is 4. The van der Waals surface area contributed by atoms with Crippen LogP contribution in [0.25, 0.3) is 0 Å². The molecule has 0 bridgehead atoms. The van der Waals surface area contributed by atoms with Crippen LogP contribution in [0.3, 0.4) is 0 Å². The summed E-state index contributed by atoms with van der Waals surface area (Å²) in [6.45, 7) is 5.64. The molecule has 1 aliphatic rings. The topological polar surface area (TPSA) is 65.9 Å². The van der Waals surface area contributed by atoms with Crippen molar-refractivity contribution < 1.29 is 0 Å². The van der Waals surface area contributed by atoms with Gasteiger partial charge in [0.15, 0.2) is 0 Å². The Kier molecular flexibility index (Phi) is 4.39. The molecule has 2 N–H and O–H groups in total. The third kappa shape index (κ3) is 2.87. The Balaban J connectivity index is 2.41. The number of hydrogen-bond donors (Lipinski definition) is 1. The summed E-state index contributed by atoms with van der Waals surface area (Å²) in [5.74, 6) is 0.859. The van der Waals surface area contributed by atoms with E-state index in [1.807, 2.05) is 19.9 Å². The summed E-state index contributed by atoms with van der Waals surface area (Å²) in [4.78, 5) is 6.92. The van der Waals surface area contributed by atoms with Crippen LogP contribution < -0.4 is 10.6 Å². The van der Waals surface area contributed by atoms with Crippen LogP contribution in [0.1, 0.15) is 42.5 Å². The molecule has 1 unspecified atom stereocenters. The second-order valence-corrected chi connectivity index (χ2v) is 5.31. The lowest BCUT2D eigenvalue weighted by Gasteiger charge is -2.37. The molecule has 4 nitrogen and oxygen atoms in total. The normalized spacial score (nSPS) is 19.3. The third-order valence-electron chi connectivity index (χ3n) is 3.84. The van der Waals surface area contributed by atoms with Crippen LogP contribution in [0.5, 0.6) is 0 Å². The molecule has 0 aromatic carbocycles. The molecule has 1 saturated heterocycles. The van der Waals surface area contributed by atoms with Crippen molar-refractivity contribution in [2.45, 2.75) is 45.6 Å². The van der Waals surface area contributed by atoms with Crippen molar-refractivity contribution >= 4 is 5.82 Å². The molecule has 2 heterocycles. The molecule has 0 aliphatic carbocycles. The van der Waals surface area contributed by atoms with Gasteiger partial charge in [-0.2, -0.15) is 5.26 Å². The molecule has 102 valence electrons. The number of aryl methyl sites for hydroxylation is 2. The van der Waals surface area contributed by atoms with Crippen LogP contribution >= 0.6 is 0 Å². The van der Waals surface area contributed by atoms with Gasteiger partial charge in [0.05, 0.1) is 5.56 Å². The van der Waals surface area contributed by atoms with Crippen molar-refractivity contribution in [1.29, 1.82) is 5.26 Å². The molecule has 1 aromatic rings. The Morgan fingerprint density at radius 1 is 1.47 bits per heavy atom. The van der Waals surface area contributed by atoms with E-state index in [4.69, 9.17) is 5.73 Å². The lowest BCUT2D eigenvalue weighted by atomic mass is 9.98. The van der Waals surface area contributed by atoms with Gasteiger partial charge in [-0.05, 0) is 57.7 Å². The van der Waals surface area contributed by atoms with Gasteiger partial charge in [-0.3, -0.25) is 0 Å². The van der Waals surface area contributed by atoms with Gasteiger partial charge in [-0.25, -0.2) is 4.98 Å². The molecular formula is C15H22N4. The molecule has 2 rings (SSSR count). The minimum Gasteiger partial charge on any atom is -0.352 e. The van der Waals surface area contributed by atoms with E-state index >= 15 is 0 Å². The fourth-order valence-corrected chi connectivity index (χ4v) is 2.93. The fraction of sp³-hybridized carbons (Fsp3) is 0.600. The second-order valence-electron chi connectivity index (χ2n) is 5.31. The molecule has 1 aromatic heterocycles. The number of nitrogens with zero attached hydrogens (tertiary/aromatic N) is 3. The molecule has 0 radical (unpaired) electrons. The summed E-state index contributed by atoms with van der Waals surface area (Å²) >= 11 is 0. The van der Waals surface area contributed by atoms with Crippen molar-refractivity contribution in [2.24, 2.45) is 5.73 Å². The summed E-state index contributed by atoms with van der Waals surface area (Å²) in [5.41, 5.74) is 8.43. The highest BCUT2D eigenvalue weighted by atomic mass is 15.2. The van der Waals surface area contributed by atoms with Gasteiger partial charge in [0.25, 0.3) is 0 Å². The summed E-state index contributed by atoms with van der Waals surface area (Å²) in [6, 6.07) is 4.72. The first-order valence-electron chi connectivity index (χ1n) is 7.02. The number of pyridine rings is 1. The average molecular weight is 258 g/mol. The van der Waals surface area contributed by atoms with Crippen molar-refractivity contribution in [3.8, 4) is 6.07 Å². The number of piperidine rings is 1. The van der Waals surface area contributed by atoms with Crippen LogP contribution in [0.15, 0.2) is 6.07 Å². The van der Waals surface area contributed by atoms with E-state index in [2.05, 4.69) is 16.0 Å². The average Bonchev–Trinajstić information content (AvgIpc) is 2.39. The first-order chi connectivity index (χ1) is 9.17. The molecule has 1 atom stereocenters. The quantitative estimate of drug-likeness (QED) is 0.903. The Bertz CT molecular complexity index is 488. The Labute approximate surface area is 115 Å². The zero-order valence-corrected chi connectivity index (χ0v) is 11.8. The number of aromatic nitrogens is 1. The Morgan fingerprint density at radius 2 is 2.26 bits per heavy atom. The van der Waals surface area contributed by atoms with Crippen molar-refractivity contribution in [3.63, 3.8) is 0 Å². The van der Waals surface area contributed by atoms with E-state index in [0.29, 0.717) is 12.6 Å². The monoisotopic (exact) mass is 258 g/mol. The van der Waals surface area contributed by atoms with Gasteiger partial charge in [0, 0.05) is 18.3 Å². The van der Waals surface area contributed by atoms with Gasteiger partial charge in [0.1, 0.15) is 11.9 Å². The standard InChI is InChI=1S/C15H22N4/c1-11-9-12(2)18-15(14(11)10-17)19-8-4-3-5-13(19)6-7-16/h9,13H,3-8,16H2,1-2H3. The molecule has 4 heteroatoms. The van der Waals surface area contributed by atoms with Crippen LogP contribution in [-0.2, 0) is 0 Å². The minimum atomic E-state index is 0.430. The molecule has 1 aliphatic heterocycles. The van der Waals surface area contributed by atoms with Crippen LogP contribution in [0.4, 0.5) is 5.82 Å². The lowest BCUT2D eigenvalue weighted by Crippen LogP contribution is -2.41. The zero-order chi connectivity index (χ0) is 13.8. The van der Waals surface area contributed by atoms with Crippen LogP contribution in [0, 0.1) is 25.2 Å². The number of anilines is 1. The molecule has 0 spiro atoms. The van der Waals surface area contributed by atoms with Gasteiger partial charge >= 0.3 is 0 Å². The van der Waals surface area contributed by atoms with E-state index in [9.17, 15) is 5.26 Å². The predicted molar refractivity (Wildman–Crippen MR) is 77.1 cm³/mol. The van der Waals surface area contributed by atoms with E-state index in [1.165, 1.54) is 12.8 Å². The number of rotatable bonds is 3. The molecule has 0 saturated carbocycles. The van der Waals surface area contributed by atoms with Gasteiger partial charge in [-0.1, -0.05) is 0 Å². The maximum Gasteiger partial charge on any atom is 0.147 e. The molecule has 19 heavy (non-hydrogen) atoms. The van der Waals surface area contributed by atoms with Crippen molar-refractivity contribution in [3.05, 3.63) is 22.9 Å². The highest BCUT2D eigenvalue weighted by molar-refractivity contribution is 5.58. The smallest absolute Gasteiger partial charge is 0.147 e. The third-order valence-corrected chi connectivity index (χ3v) is 3.84. The lowest BCUT2D eigenvalue weighted by molar-refractivity contribution is 0.438. The van der Waals surface area contributed by atoms with Crippen molar-refractivity contribution in [2.75, 3.05) is 18.0 Å². The predicted octanol–water partition coefficient (Wildman–Crippen LogP) is 2.28. The van der Waals surface area contributed by atoms with Crippen LogP contribution in [-0.4, -0.2) is 24.1 Å². The summed E-state index contributed by atoms with van der Waals surface area (Å²) in [5, 5.41) is 9.40. The van der Waals surface area contributed by atoms with Crippen LogP contribution in [0.2, 0.25) is 0 Å². The van der Waals surface area contributed by atoms with E-state index < -0.39 is 0 Å². The fourth-order valence-electron chi connectivity index (χ4n) is 2.93. The van der Waals surface area contributed by atoms with Crippen molar-refractivity contribution in [1.82, 2.24) is 4.98 Å². The first-order valence-corrected chi connectivity index (χ1v) is 7.02. The van der Waals surface area contributed by atoms with E-state index in [1.54, 1.807) is 0 Å². The summed E-state index contributed by atoms with van der Waals surface area (Å²) < 4.78 is 0. The minimum absolute atomic E-state index is 0.430. The highest BCUT2D eigenvalue weighted by Gasteiger charge is 2.25. The van der Waals surface area contributed by atoms with Gasteiger partial charge < -0.3 is 10.6 Å². The largest absolute Gasteiger partial charge is 0.352 e. The number of nitrogens with two attached hydrogens (primary N) is 1. The first kappa shape index (κ1) is 13.8. The van der Waals surface area contributed by atoms with Gasteiger partial charge in [0.2, 0.25) is 0 Å². The highest BCUT2D eigenvalue weighted by Crippen LogP contribution is 2.29. The van der Waals surface area contributed by atoms with E-state index in [0.717, 1.165) is 42.0 Å².